The Balaban J connectivity index is 1.52. The summed E-state index contributed by atoms with van der Waals surface area (Å²) in [6.45, 7) is 4.97. The quantitative estimate of drug-likeness (QED) is 0.754. The highest BCUT2D eigenvalue weighted by atomic mass is 16.5. The normalized spacial score (nSPS) is 36.2. The van der Waals surface area contributed by atoms with Crippen molar-refractivity contribution in [2.75, 3.05) is 19.8 Å². The minimum Gasteiger partial charge on any atom is -0.376 e. The number of ether oxygens (including phenoxy) is 2. The van der Waals surface area contributed by atoms with Gasteiger partial charge in [-0.2, -0.15) is 0 Å². The average molecular weight is 213 g/mol. The van der Waals surface area contributed by atoms with E-state index in [9.17, 15) is 0 Å². The van der Waals surface area contributed by atoms with E-state index < -0.39 is 0 Å². The van der Waals surface area contributed by atoms with E-state index in [1.807, 2.05) is 0 Å². The maximum absolute atomic E-state index is 5.83. The Morgan fingerprint density at radius 3 is 2.87 bits per heavy atom. The molecule has 3 nitrogen and oxygen atoms in total. The van der Waals surface area contributed by atoms with Gasteiger partial charge in [0.1, 0.15) is 0 Å². The van der Waals surface area contributed by atoms with E-state index in [2.05, 4.69) is 12.2 Å². The van der Waals surface area contributed by atoms with E-state index in [0.717, 1.165) is 19.8 Å². The number of rotatable bonds is 5. The third-order valence-corrected chi connectivity index (χ3v) is 3.38. The van der Waals surface area contributed by atoms with Gasteiger partial charge in [-0.1, -0.05) is 6.92 Å². The Morgan fingerprint density at radius 1 is 1.33 bits per heavy atom. The minimum absolute atomic E-state index is 0.372. The first-order valence-corrected chi connectivity index (χ1v) is 6.35. The molecular formula is C12H23NO2. The fraction of sp³-hybridized carbons (Fsp3) is 1.00. The average Bonchev–Trinajstić information content (AvgIpc) is 2.23. The van der Waals surface area contributed by atoms with Crippen LogP contribution in [-0.2, 0) is 9.47 Å². The molecule has 88 valence electrons. The summed E-state index contributed by atoms with van der Waals surface area (Å²) in [5.41, 5.74) is 0. The lowest BCUT2D eigenvalue weighted by atomic mass is 9.89. The van der Waals surface area contributed by atoms with Crippen LogP contribution in [0.15, 0.2) is 0 Å². The van der Waals surface area contributed by atoms with Gasteiger partial charge < -0.3 is 14.8 Å². The minimum atomic E-state index is 0.372. The van der Waals surface area contributed by atoms with Crippen molar-refractivity contribution < 1.29 is 9.47 Å². The number of nitrogens with one attached hydrogen (secondary N) is 1. The first kappa shape index (κ1) is 11.4. The summed E-state index contributed by atoms with van der Waals surface area (Å²) in [4.78, 5) is 0. The Labute approximate surface area is 92.5 Å². The summed E-state index contributed by atoms with van der Waals surface area (Å²) >= 11 is 0. The van der Waals surface area contributed by atoms with Crippen LogP contribution in [0.4, 0.5) is 0 Å². The highest BCUT2D eigenvalue weighted by Crippen LogP contribution is 2.24. The number of hydrogen-bond acceptors (Lipinski definition) is 3. The van der Waals surface area contributed by atoms with Gasteiger partial charge in [0.05, 0.1) is 18.8 Å². The molecule has 3 heteroatoms. The predicted molar refractivity (Wildman–Crippen MR) is 60.0 cm³/mol. The van der Waals surface area contributed by atoms with Crippen LogP contribution in [0.2, 0.25) is 0 Å². The lowest BCUT2D eigenvalue weighted by molar-refractivity contribution is -0.0872. The van der Waals surface area contributed by atoms with Crippen molar-refractivity contribution in [3.8, 4) is 0 Å². The second-order valence-electron chi connectivity index (χ2n) is 4.67. The van der Waals surface area contributed by atoms with Crippen LogP contribution in [0.1, 0.15) is 39.0 Å². The summed E-state index contributed by atoms with van der Waals surface area (Å²) in [7, 11) is 0. The molecule has 1 aliphatic carbocycles. The summed E-state index contributed by atoms with van der Waals surface area (Å²) in [5, 5.41) is 3.44. The van der Waals surface area contributed by atoms with Crippen LogP contribution in [-0.4, -0.2) is 38.0 Å². The molecule has 1 saturated heterocycles. The molecule has 0 bridgehead atoms. The summed E-state index contributed by atoms with van der Waals surface area (Å²) in [6.07, 6.45) is 6.93. The molecule has 2 rings (SSSR count). The molecule has 0 aromatic rings. The van der Waals surface area contributed by atoms with Crippen molar-refractivity contribution in [1.29, 1.82) is 0 Å². The Bertz CT molecular complexity index is 174. The Kier molecular flexibility index (Phi) is 4.42. The van der Waals surface area contributed by atoms with Gasteiger partial charge in [-0.25, -0.2) is 0 Å². The van der Waals surface area contributed by atoms with E-state index >= 15 is 0 Å². The molecule has 0 amide bonds. The molecule has 2 aliphatic rings. The molecule has 0 aromatic carbocycles. The molecule has 0 aromatic heterocycles. The molecule has 0 radical (unpaired) electrons. The molecule has 1 aliphatic heterocycles. The highest BCUT2D eigenvalue weighted by molar-refractivity contribution is 4.85. The van der Waals surface area contributed by atoms with Gasteiger partial charge in [-0.15, -0.1) is 0 Å². The molecule has 1 unspecified atom stereocenters. The smallest absolute Gasteiger partial charge is 0.0808 e. The third kappa shape index (κ3) is 3.44. The largest absolute Gasteiger partial charge is 0.376 e. The zero-order valence-electron chi connectivity index (χ0n) is 9.71. The molecule has 1 heterocycles. The van der Waals surface area contributed by atoms with E-state index in [-0.39, 0.29) is 0 Å². The van der Waals surface area contributed by atoms with Gasteiger partial charge in [0.2, 0.25) is 0 Å². The highest BCUT2D eigenvalue weighted by Gasteiger charge is 2.29. The second kappa shape index (κ2) is 5.83. The van der Waals surface area contributed by atoms with Gasteiger partial charge in [-0.05, 0) is 38.6 Å². The molecule has 0 spiro atoms. The summed E-state index contributed by atoms with van der Waals surface area (Å²) in [5.74, 6) is 0. The lowest BCUT2D eigenvalue weighted by Gasteiger charge is -2.36. The van der Waals surface area contributed by atoms with Gasteiger partial charge in [0, 0.05) is 12.6 Å². The van der Waals surface area contributed by atoms with E-state index in [0.29, 0.717) is 18.2 Å². The van der Waals surface area contributed by atoms with Gasteiger partial charge >= 0.3 is 0 Å². The zero-order chi connectivity index (χ0) is 10.5. The topological polar surface area (TPSA) is 30.5 Å². The maximum atomic E-state index is 5.83. The first-order chi connectivity index (χ1) is 7.38. The van der Waals surface area contributed by atoms with Crippen LogP contribution in [0.5, 0.6) is 0 Å². The molecule has 1 saturated carbocycles. The molecule has 2 fully saturated rings. The van der Waals surface area contributed by atoms with Gasteiger partial charge in [0.25, 0.3) is 0 Å². The van der Waals surface area contributed by atoms with E-state index in [4.69, 9.17) is 9.47 Å². The molecular weight excluding hydrogens is 190 g/mol. The molecule has 15 heavy (non-hydrogen) atoms. The zero-order valence-corrected chi connectivity index (χ0v) is 9.71. The third-order valence-electron chi connectivity index (χ3n) is 3.38. The van der Waals surface area contributed by atoms with Crippen LogP contribution in [0.25, 0.3) is 0 Å². The molecule has 1 atom stereocenters. The van der Waals surface area contributed by atoms with E-state index in [1.165, 1.54) is 32.1 Å². The van der Waals surface area contributed by atoms with Crippen LogP contribution in [0, 0.1) is 0 Å². The van der Waals surface area contributed by atoms with Gasteiger partial charge in [0.15, 0.2) is 0 Å². The standard InChI is InChI=1S/C12H23NO2/c1-2-13-10-7-12(8-10)15-9-11-5-3-4-6-14-11/h10-13H,2-9H2,1H3. The van der Waals surface area contributed by atoms with Crippen molar-refractivity contribution >= 4 is 0 Å². The molecule has 1 N–H and O–H groups in total. The SMILES string of the molecule is CCNC1CC(OCC2CCCCO2)C1. The van der Waals surface area contributed by atoms with Crippen LogP contribution >= 0.6 is 0 Å². The van der Waals surface area contributed by atoms with E-state index in [1.54, 1.807) is 0 Å². The predicted octanol–water partition coefficient (Wildman–Crippen LogP) is 1.71. The van der Waals surface area contributed by atoms with Crippen molar-refractivity contribution in [2.24, 2.45) is 0 Å². The van der Waals surface area contributed by atoms with Gasteiger partial charge in [-0.3, -0.25) is 0 Å². The van der Waals surface area contributed by atoms with Crippen LogP contribution in [0.3, 0.4) is 0 Å². The fourth-order valence-electron chi connectivity index (χ4n) is 2.34. The second-order valence-corrected chi connectivity index (χ2v) is 4.67. The van der Waals surface area contributed by atoms with Crippen LogP contribution < -0.4 is 5.32 Å². The van der Waals surface area contributed by atoms with Crippen molar-refractivity contribution in [3.05, 3.63) is 0 Å². The van der Waals surface area contributed by atoms with Crippen molar-refractivity contribution in [3.63, 3.8) is 0 Å². The van der Waals surface area contributed by atoms with Crippen molar-refractivity contribution in [2.45, 2.75) is 57.3 Å². The Hall–Kier alpha value is -0.120. The summed E-state index contributed by atoms with van der Waals surface area (Å²) < 4.78 is 11.5. The fourth-order valence-corrected chi connectivity index (χ4v) is 2.34. The monoisotopic (exact) mass is 213 g/mol. The maximum Gasteiger partial charge on any atom is 0.0808 e. The number of hydrogen-bond donors (Lipinski definition) is 1. The summed E-state index contributed by atoms with van der Waals surface area (Å²) in [6, 6.07) is 0.701. The lowest BCUT2D eigenvalue weighted by Crippen LogP contribution is -2.46. The van der Waals surface area contributed by atoms with Crippen molar-refractivity contribution in [1.82, 2.24) is 5.32 Å². The Morgan fingerprint density at radius 2 is 2.20 bits per heavy atom. The first-order valence-electron chi connectivity index (χ1n) is 6.35.